The maximum Gasteiger partial charge on any atom is 0.335 e. The van der Waals surface area contributed by atoms with Crippen LogP contribution in [0.2, 0.25) is 15.1 Å². The molecule has 0 aliphatic heterocycles. The fourth-order valence-electron chi connectivity index (χ4n) is 5.16. The fraction of sp³-hybridized carbons (Fsp3) is 0.233. The molecule has 0 spiro atoms. The van der Waals surface area contributed by atoms with Crippen molar-refractivity contribution in [1.82, 2.24) is 5.16 Å². The zero-order valence-corrected chi connectivity index (χ0v) is 22.7. The Morgan fingerprint density at radius 1 is 1.08 bits per heavy atom. The van der Waals surface area contributed by atoms with Gasteiger partial charge < -0.3 is 14.4 Å². The fourth-order valence-corrected chi connectivity index (χ4v) is 6.04. The molecule has 1 aromatic heterocycles. The van der Waals surface area contributed by atoms with Gasteiger partial charge in [0.05, 0.1) is 32.7 Å². The summed E-state index contributed by atoms with van der Waals surface area (Å²) in [5.74, 6) is 0.453. The van der Waals surface area contributed by atoms with E-state index in [2.05, 4.69) is 11.2 Å². The van der Waals surface area contributed by atoms with Crippen LogP contribution in [0, 0.1) is 11.3 Å². The number of benzene rings is 3. The number of halogens is 3. The number of nitriles is 1. The standard InChI is InChI=1S/C30H21Cl3N2O4/c31-23-5-2-6-24(32)26(23)27-21(28(39-35-27)16-7-8-16)14-38-19-9-10-20(25(33)12-19)22-13-30(22,15-34)18-4-1-3-17(11-18)29(36)37/h1-6,9-12,16,22H,7-8,13-14H2,(H,36,37). The first-order valence-electron chi connectivity index (χ1n) is 12.4. The average Bonchev–Trinajstić information content (AvgIpc) is 3.85. The van der Waals surface area contributed by atoms with Crippen molar-refractivity contribution in [2.45, 2.75) is 43.1 Å². The van der Waals surface area contributed by atoms with Gasteiger partial charge in [-0.15, -0.1) is 0 Å². The minimum absolute atomic E-state index is 0.151. The molecule has 6 rings (SSSR count). The van der Waals surface area contributed by atoms with Crippen molar-refractivity contribution in [2.75, 3.05) is 0 Å². The summed E-state index contributed by atoms with van der Waals surface area (Å²) in [5.41, 5.74) is 2.81. The summed E-state index contributed by atoms with van der Waals surface area (Å²) in [7, 11) is 0. The van der Waals surface area contributed by atoms with Gasteiger partial charge in [0.25, 0.3) is 0 Å². The van der Waals surface area contributed by atoms with Crippen LogP contribution in [-0.4, -0.2) is 16.2 Å². The molecule has 2 aliphatic rings. The molecule has 2 aliphatic carbocycles. The van der Waals surface area contributed by atoms with Gasteiger partial charge in [0, 0.05) is 22.4 Å². The van der Waals surface area contributed by atoms with E-state index in [1.165, 1.54) is 6.07 Å². The Balaban J connectivity index is 1.25. The van der Waals surface area contributed by atoms with Gasteiger partial charge in [-0.05, 0) is 66.8 Å². The highest BCUT2D eigenvalue weighted by atomic mass is 35.5. The van der Waals surface area contributed by atoms with Gasteiger partial charge in [0.1, 0.15) is 23.8 Å². The van der Waals surface area contributed by atoms with E-state index in [1.54, 1.807) is 42.5 Å². The summed E-state index contributed by atoms with van der Waals surface area (Å²) < 4.78 is 11.9. The Morgan fingerprint density at radius 2 is 1.82 bits per heavy atom. The molecule has 1 heterocycles. The smallest absolute Gasteiger partial charge is 0.335 e. The zero-order chi connectivity index (χ0) is 27.3. The van der Waals surface area contributed by atoms with E-state index < -0.39 is 11.4 Å². The molecule has 1 N–H and O–H groups in total. The monoisotopic (exact) mass is 578 g/mol. The Morgan fingerprint density at radius 3 is 2.49 bits per heavy atom. The topological polar surface area (TPSA) is 96.4 Å². The second-order valence-electron chi connectivity index (χ2n) is 9.94. The highest BCUT2D eigenvalue weighted by molar-refractivity contribution is 6.39. The van der Waals surface area contributed by atoms with Crippen molar-refractivity contribution in [3.63, 3.8) is 0 Å². The number of rotatable bonds is 8. The van der Waals surface area contributed by atoms with Crippen LogP contribution in [0.5, 0.6) is 5.75 Å². The summed E-state index contributed by atoms with van der Waals surface area (Å²) in [6.45, 7) is 0.190. The van der Waals surface area contributed by atoms with Crippen LogP contribution >= 0.6 is 34.8 Å². The molecule has 9 heteroatoms. The quantitative estimate of drug-likeness (QED) is 0.225. The van der Waals surface area contributed by atoms with Gasteiger partial charge in [-0.3, -0.25) is 0 Å². The summed E-state index contributed by atoms with van der Waals surface area (Å²) in [6, 6.07) is 19.7. The van der Waals surface area contributed by atoms with Crippen molar-refractivity contribution in [3.05, 3.63) is 104 Å². The Bertz CT molecular complexity index is 1640. The largest absolute Gasteiger partial charge is 0.489 e. The van der Waals surface area contributed by atoms with Gasteiger partial charge in [-0.2, -0.15) is 5.26 Å². The molecule has 0 radical (unpaired) electrons. The van der Waals surface area contributed by atoms with Crippen LogP contribution in [0.3, 0.4) is 0 Å². The summed E-state index contributed by atoms with van der Waals surface area (Å²) in [4.78, 5) is 11.4. The van der Waals surface area contributed by atoms with Crippen molar-refractivity contribution in [2.24, 2.45) is 0 Å². The Kier molecular flexibility index (Phi) is 6.55. The summed E-state index contributed by atoms with van der Waals surface area (Å²) >= 11 is 19.6. The summed E-state index contributed by atoms with van der Waals surface area (Å²) in [6.07, 6.45) is 2.60. The second kappa shape index (κ2) is 9.91. The van der Waals surface area contributed by atoms with Crippen LogP contribution < -0.4 is 4.74 Å². The molecule has 196 valence electrons. The molecule has 39 heavy (non-hydrogen) atoms. The van der Waals surface area contributed by atoms with Crippen LogP contribution in [0.15, 0.2) is 65.2 Å². The molecular formula is C30H21Cl3N2O4. The lowest BCUT2D eigenvalue weighted by atomic mass is 9.91. The van der Waals surface area contributed by atoms with Gasteiger partial charge in [-0.1, -0.05) is 64.2 Å². The highest BCUT2D eigenvalue weighted by Gasteiger charge is 2.57. The van der Waals surface area contributed by atoms with Crippen LogP contribution in [-0.2, 0) is 12.0 Å². The van der Waals surface area contributed by atoms with Crippen molar-refractivity contribution < 1.29 is 19.2 Å². The van der Waals surface area contributed by atoms with E-state index >= 15 is 0 Å². The number of carboxylic acids is 1. The lowest BCUT2D eigenvalue weighted by molar-refractivity contribution is 0.0696. The Labute approximate surface area is 239 Å². The van der Waals surface area contributed by atoms with Crippen LogP contribution in [0.4, 0.5) is 0 Å². The molecule has 6 nitrogen and oxygen atoms in total. The second-order valence-corrected chi connectivity index (χ2v) is 11.2. The number of carbonyl (C=O) groups is 1. The molecular weight excluding hydrogens is 559 g/mol. The highest BCUT2D eigenvalue weighted by Crippen LogP contribution is 2.61. The Hall–Kier alpha value is -3.50. The predicted octanol–water partition coefficient (Wildman–Crippen LogP) is 8.41. The molecule has 2 unspecified atom stereocenters. The first-order chi connectivity index (χ1) is 18.8. The normalized spacial score (nSPS) is 19.9. The van der Waals surface area contributed by atoms with Crippen molar-refractivity contribution in [3.8, 4) is 23.1 Å². The maximum absolute atomic E-state index is 11.4. The molecule has 0 amide bonds. The minimum Gasteiger partial charge on any atom is -0.489 e. The molecule has 2 atom stereocenters. The van der Waals surface area contributed by atoms with Crippen molar-refractivity contribution >= 4 is 40.8 Å². The van der Waals surface area contributed by atoms with Gasteiger partial charge in [0.15, 0.2) is 0 Å². The van der Waals surface area contributed by atoms with E-state index in [9.17, 15) is 15.2 Å². The van der Waals surface area contributed by atoms with Crippen molar-refractivity contribution in [1.29, 1.82) is 5.26 Å². The summed E-state index contributed by atoms with van der Waals surface area (Å²) in [5, 5.41) is 25.1. The number of aromatic carboxylic acids is 1. The first-order valence-corrected chi connectivity index (χ1v) is 13.6. The molecule has 4 aromatic rings. The van der Waals surface area contributed by atoms with E-state index in [0.29, 0.717) is 50.0 Å². The van der Waals surface area contributed by atoms with E-state index in [4.69, 9.17) is 44.1 Å². The number of carboxylic acid groups (broad SMARTS) is 1. The third-order valence-electron chi connectivity index (χ3n) is 7.48. The maximum atomic E-state index is 11.4. The van der Waals surface area contributed by atoms with E-state index in [-0.39, 0.29) is 18.1 Å². The molecule has 2 saturated carbocycles. The lowest BCUT2D eigenvalue weighted by Gasteiger charge is -2.13. The van der Waals surface area contributed by atoms with E-state index in [0.717, 1.165) is 29.7 Å². The molecule has 0 bridgehead atoms. The first kappa shape index (κ1) is 25.8. The third kappa shape index (κ3) is 4.65. The zero-order valence-electron chi connectivity index (χ0n) is 20.5. The SMILES string of the molecule is N#CC1(c2cccc(C(=O)O)c2)CC1c1ccc(OCc2c(-c3c(Cl)cccc3Cl)noc2C2CC2)cc1Cl. The number of nitrogens with zero attached hydrogens (tertiary/aromatic N) is 2. The van der Waals surface area contributed by atoms with Gasteiger partial charge >= 0.3 is 5.97 Å². The molecule has 2 fully saturated rings. The van der Waals surface area contributed by atoms with Crippen LogP contribution in [0.1, 0.15) is 63.9 Å². The van der Waals surface area contributed by atoms with Crippen LogP contribution in [0.25, 0.3) is 11.3 Å². The third-order valence-corrected chi connectivity index (χ3v) is 8.44. The number of hydrogen-bond acceptors (Lipinski definition) is 5. The number of hydrogen-bond donors (Lipinski definition) is 1. The average molecular weight is 580 g/mol. The predicted molar refractivity (Wildman–Crippen MR) is 148 cm³/mol. The molecule has 0 saturated heterocycles. The van der Waals surface area contributed by atoms with Gasteiger partial charge in [-0.25, -0.2) is 4.79 Å². The minimum atomic E-state index is -1.03. The van der Waals surface area contributed by atoms with Gasteiger partial charge in [0.2, 0.25) is 0 Å². The lowest BCUT2D eigenvalue weighted by Crippen LogP contribution is -2.09. The van der Waals surface area contributed by atoms with E-state index in [1.807, 2.05) is 12.1 Å². The number of ether oxygens (including phenoxy) is 1. The molecule has 3 aromatic carbocycles. The number of aromatic nitrogens is 1.